The number of amides is 2. The standard InChI is InChI=1S/C47H53ClN4O10S/c1-27(44(58)26-63(50,61)62)20-42(56)38-23-29-7-17-39(53)36(22-29)37-24-33(14-18-40(37)54)45(43(57)21-28(2)46(59)51-38)52(3)47(60)34(6-4-5-19-49)25-41(55)32-10-8-30(9-11-32)31-12-15-35(48)16-13-31/h7-18,22,24,27-28,34,38,45,53-54H,4-6,19-21,23,25-26,49H2,1-3H3,(H,51,59)(H2,50,61,62)/t27-,28-,34-,38+,45+/m1/s1. The summed E-state index contributed by atoms with van der Waals surface area (Å²) in [5, 5.41) is 30.6. The molecule has 63 heavy (non-hydrogen) atoms. The van der Waals surface area contributed by atoms with Crippen LogP contribution in [0, 0.1) is 17.8 Å². The first-order valence-electron chi connectivity index (χ1n) is 20.7. The molecule has 14 nitrogen and oxygen atoms in total. The number of fused-ring (bicyclic) bond motifs is 5. The fourth-order valence-electron chi connectivity index (χ4n) is 7.79. The summed E-state index contributed by atoms with van der Waals surface area (Å²) in [7, 11) is -2.71. The predicted molar refractivity (Wildman–Crippen MR) is 239 cm³/mol. The van der Waals surface area contributed by atoms with E-state index in [1.165, 1.54) is 62.2 Å². The summed E-state index contributed by atoms with van der Waals surface area (Å²) in [6.07, 6.45) is 0.281. The molecule has 4 aromatic rings. The minimum Gasteiger partial charge on any atom is -0.507 e. The second kappa shape index (κ2) is 21.1. The molecule has 334 valence electrons. The molecule has 0 spiro atoms. The van der Waals surface area contributed by atoms with Crippen LogP contribution in [0.15, 0.2) is 84.9 Å². The number of unbranched alkanes of at least 4 members (excludes halogenated alkanes) is 1. The van der Waals surface area contributed by atoms with Crippen LogP contribution in [0.25, 0.3) is 22.3 Å². The number of aromatic hydroxyl groups is 2. The lowest BCUT2D eigenvalue weighted by Gasteiger charge is -2.32. The summed E-state index contributed by atoms with van der Waals surface area (Å²) in [5.74, 6) is -7.84. The molecule has 0 fully saturated rings. The summed E-state index contributed by atoms with van der Waals surface area (Å²) in [4.78, 5) is 84.4. The maximum atomic E-state index is 14.6. The SMILES string of the molecule is C[C@H](CC(=O)[C@@H]1Cc2ccc(O)c(c2)-c2cc(ccc2O)[C@H](N(C)C(=O)[C@H](CCCCN)CC(=O)c2ccc(-c3ccc(Cl)cc3)cc2)C(=O)C[C@@H](C)C(=O)N1)C(=O)CS(N)(=O)=O. The molecule has 16 heteroatoms. The zero-order valence-corrected chi connectivity index (χ0v) is 37.0. The molecular weight excluding hydrogens is 848 g/mol. The smallest absolute Gasteiger partial charge is 0.226 e. The number of hydrogen-bond acceptors (Lipinski definition) is 11. The van der Waals surface area contributed by atoms with E-state index in [0.29, 0.717) is 35.5 Å². The Balaban J connectivity index is 1.48. The number of nitrogens with zero attached hydrogens (tertiary/aromatic N) is 1. The number of ketones is 4. The number of Topliss-reactive ketones (excluding diaryl/α,β-unsaturated/α-hetero) is 4. The van der Waals surface area contributed by atoms with Gasteiger partial charge >= 0.3 is 0 Å². The van der Waals surface area contributed by atoms with Gasteiger partial charge in [-0.25, -0.2) is 13.6 Å². The van der Waals surface area contributed by atoms with Crippen molar-refractivity contribution in [3.63, 3.8) is 0 Å². The molecule has 7 N–H and O–H groups in total. The van der Waals surface area contributed by atoms with Crippen LogP contribution in [0.5, 0.6) is 11.5 Å². The van der Waals surface area contributed by atoms with Crippen LogP contribution >= 0.6 is 11.6 Å². The number of hydrogen-bond donors (Lipinski definition) is 5. The van der Waals surface area contributed by atoms with E-state index in [2.05, 4.69) is 5.32 Å². The van der Waals surface area contributed by atoms with Crippen LogP contribution in [0.3, 0.4) is 0 Å². The third-order valence-corrected chi connectivity index (χ3v) is 12.3. The summed E-state index contributed by atoms with van der Waals surface area (Å²) in [5.41, 5.74) is 8.92. The van der Waals surface area contributed by atoms with Gasteiger partial charge in [0.15, 0.2) is 23.1 Å². The molecule has 4 aromatic carbocycles. The normalized spacial score (nSPS) is 17.8. The Kier molecular flexibility index (Phi) is 16.2. The number of phenolic OH excluding ortho intramolecular Hbond substituents is 2. The number of halogens is 1. The van der Waals surface area contributed by atoms with E-state index in [1.807, 2.05) is 24.3 Å². The average Bonchev–Trinajstić information content (AvgIpc) is 3.23. The molecule has 1 aliphatic rings. The number of benzene rings is 4. The van der Waals surface area contributed by atoms with E-state index in [4.69, 9.17) is 22.5 Å². The Bertz CT molecular complexity index is 2480. The molecule has 5 atom stereocenters. The topological polar surface area (TPSA) is 244 Å². The molecule has 0 unspecified atom stereocenters. The number of phenols is 2. The van der Waals surface area contributed by atoms with Crippen molar-refractivity contribution in [1.82, 2.24) is 10.2 Å². The molecular formula is C47H53ClN4O10S. The summed E-state index contributed by atoms with van der Waals surface area (Å²) in [6, 6.07) is 20.4. The van der Waals surface area contributed by atoms with Gasteiger partial charge in [-0.05, 0) is 84.5 Å². The van der Waals surface area contributed by atoms with E-state index in [1.54, 1.807) is 24.3 Å². The van der Waals surface area contributed by atoms with Gasteiger partial charge < -0.3 is 26.2 Å². The van der Waals surface area contributed by atoms with Gasteiger partial charge in [-0.3, -0.25) is 28.8 Å². The quantitative estimate of drug-likeness (QED) is 0.0675. The molecule has 0 saturated heterocycles. The van der Waals surface area contributed by atoms with Gasteiger partial charge in [0.2, 0.25) is 21.8 Å². The van der Waals surface area contributed by atoms with Crippen LogP contribution < -0.4 is 16.2 Å². The minimum absolute atomic E-state index is 0.112. The van der Waals surface area contributed by atoms with E-state index in [0.717, 1.165) is 11.1 Å². The Hall–Kier alpha value is -5.74. The fourth-order valence-corrected chi connectivity index (χ4v) is 8.59. The lowest BCUT2D eigenvalue weighted by atomic mass is 9.87. The van der Waals surface area contributed by atoms with Gasteiger partial charge in [0.1, 0.15) is 23.3 Å². The van der Waals surface area contributed by atoms with Crippen LogP contribution in [0.4, 0.5) is 0 Å². The Labute approximate surface area is 372 Å². The number of primary sulfonamides is 1. The highest BCUT2D eigenvalue weighted by molar-refractivity contribution is 7.89. The third kappa shape index (κ3) is 12.7. The van der Waals surface area contributed by atoms with Crippen molar-refractivity contribution in [3.8, 4) is 33.8 Å². The van der Waals surface area contributed by atoms with E-state index >= 15 is 0 Å². The zero-order chi connectivity index (χ0) is 46.2. The number of nitrogens with two attached hydrogens (primary N) is 2. The summed E-state index contributed by atoms with van der Waals surface area (Å²) < 4.78 is 23.1. The van der Waals surface area contributed by atoms with E-state index in [-0.39, 0.29) is 53.2 Å². The Morgan fingerprint density at radius 3 is 2.08 bits per heavy atom. The minimum atomic E-state index is -4.16. The van der Waals surface area contributed by atoms with Crippen LogP contribution in [0.2, 0.25) is 5.02 Å². The van der Waals surface area contributed by atoms with Crippen LogP contribution in [-0.4, -0.2) is 83.9 Å². The molecule has 0 radical (unpaired) electrons. The van der Waals surface area contributed by atoms with Crippen LogP contribution in [-0.2, 0) is 40.4 Å². The highest BCUT2D eigenvalue weighted by Crippen LogP contribution is 2.40. The summed E-state index contributed by atoms with van der Waals surface area (Å²) in [6.45, 7) is 3.23. The Morgan fingerprint density at radius 1 is 0.857 bits per heavy atom. The lowest BCUT2D eigenvalue weighted by molar-refractivity contribution is -0.142. The molecule has 0 aliphatic carbocycles. The van der Waals surface area contributed by atoms with Crippen molar-refractivity contribution >= 4 is 56.6 Å². The van der Waals surface area contributed by atoms with Gasteiger partial charge in [0.25, 0.3) is 0 Å². The second-order valence-electron chi connectivity index (χ2n) is 16.4. The van der Waals surface area contributed by atoms with Crippen molar-refractivity contribution in [2.24, 2.45) is 28.6 Å². The van der Waals surface area contributed by atoms with Crippen molar-refractivity contribution in [2.45, 2.75) is 70.9 Å². The largest absolute Gasteiger partial charge is 0.507 e. The molecule has 4 bridgehead atoms. The molecule has 5 rings (SSSR count). The maximum Gasteiger partial charge on any atom is 0.226 e. The van der Waals surface area contributed by atoms with Gasteiger partial charge in [-0.2, -0.15) is 0 Å². The molecule has 0 saturated carbocycles. The number of nitrogens with one attached hydrogen (secondary N) is 1. The second-order valence-corrected chi connectivity index (χ2v) is 18.4. The van der Waals surface area contributed by atoms with Crippen molar-refractivity contribution in [2.75, 3.05) is 19.3 Å². The third-order valence-electron chi connectivity index (χ3n) is 11.4. The van der Waals surface area contributed by atoms with Crippen molar-refractivity contribution in [1.29, 1.82) is 0 Å². The molecule has 2 amide bonds. The Morgan fingerprint density at radius 2 is 1.46 bits per heavy atom. The van der Waals surface area contributed by atoms with Crippen molar-refractivity contribution < 1.29 is 47.4 Å². The monoisotopic (exact) mass is 900 g/mol. The maximum absolute atomic E-state index is 14.6. The number of carbonyl (C=O) groups excluding carboxylic acids is 6. The number of sulfonamides is 1. The fraction of sp³-hybridized carbons (Fsp3) is 0.362. The zero-order valence-electron chi connectivity index (χ0n) is 35.4. The van der Waals surface area contributed by atoms with E-state index in [9.17, 15) is 47.4 Å². The first-order valence-corrected chi connectivity index (χ1v) is 22.8. The predicted octanol–water partition coefficient (Wildman–Crippen LogP) is 5.69. The summed E-state index contributed by atoms with van der Waals surface area (Å²) >= 11 is 6.05. The van der Waals surface area contributed by atoms with Crippen LogP contribution in [0.1, 0.15) is 79.9 Å². The molecule has 1 aliphatic heterocycles. The number of carbonyl (C=O) groups is 6. The number of likely N-dealkylation sites (N-methyl/N-ethyl adjacent to an activating group) is 1. The average molecular weight is 901 g/mol. The molecule has 0 aromatic heterocycles. The highest BCUT2D eigenvalue weighted by Gasteiger charge is 2.36. The van der Waals surface area contributed by atoms with E-state index < -0.39 is 87.6 Å². The van der Waals surface area contributed by atoms with Gasteiger partial charge in [0, 0.05) is 65.8 Å². The van der Waals surface area contributed by atoms with Gasteiger partial charge in [-0.1, -0.05) is 80.4 Å². The first kappa shape index (κ1) is 48.3. The number of rotatable bonds is 16. The lowest BCUT2D eigenvalue weighted by Crippen LogP contribution is -2.46. The van der Waals surface area contributed by atoms with Gasteiger partial charge in [-0.15, -0.1) is 0 Å². The van der Waals surface area contributed by atoms with Crippen molar-refractivity contribution in [3.05, 3.63) is 107 Å². The first-order chi connectivity index (χ1) is 29.8. The molecule has 1 heterocycles. The van der Waals surface area contributed by atoms with Gasteiger partial charge in [0.05, 0.1) is 6.04 Å². The highest BCUT2D eigenvalue weighted by atomic mass is 35.5.